The lowest BCUT2D eigenvalue weighted by Crippen LogP contribution is -2.05. The van der Waals surface area contributed by atoms with E-state index in [2.05, 4.69) is 12.1 Å². The van der Waals surface area contributed by atoms with Crippen molar-refractivity contribution in [2.75, 3.05) is 7.11 Å². The van der Waals surface area contributed by atoms with Gasteiger partial charge in [0.2, 0.25) is 0 Å². The maximum atomic E-state index is 10.8. The number of aldehydes is 1. The van der Waals surface area contributed by atoms with Crippen LogP contribution >= 0.6 is 0 Å². The number of nitrogens with zero attached hydrogens (tertiary/aromatic N) is 1. The molecule has 1 aromatic heterocycles. The number of fused-ring (bicyclic) bond motifs is 1. The molecule has 3 rings (SSSR count). The van der Waals surface area contributed by atoms with Gasteiger partial charge in [0, 0.05) is 29.7 Å². The SMILES string of the molecule is CO[C@@H]1CC[C@@H](c2ccc3cc(C=O)ccc3n2)C1. The van der Waals surface area contributed by atoms with Gasteiger partial charge in [-0.15, -0.1) is 0 Å². The molecular formula is C16H17NO2. The number of carbonyl (C=O) groups excluding carboxylic acids is 1. The summed E-state index contributed by atoms with van der Waals surface area (Å²) in [5.41, 5.74) is 2.80. The number of hydrogen-bond donors (Lipinski definition) is 0. The number of ether oxygens (including phenoxy) is 1. The number of hydrogen-bond acceptors (Lipinski definition) is 3. The van der Waals surface area contributed by atoms with Crippen molar-refractivity contribution in [3.63, 3.8) is 0 Å². The molecule has 0 amide bonds. The van der Waals surface area contributed by atoms with Crippen molar-refractivity contribution in [3.05, 3.63) is 41.6 Å². The molecule has 3 heteroatoms. The molecule has 19 heavy (non-hydrogen) atoms. The van der Waals surface area contributed by atoms with Crippen molar-refractivity contribution < 1.29 is 9.53 Å². The van der Waals surface area contributed by atoms with E-state index in [1.807, 2.05) is 18.2 Å². The minimum atomic E-state index is 0.375. The van der Waals surface area contributed by atoms with Gasteiger partial charge >= 0.3 is 0 Å². The number of aromatic nitrogens is 1. The van der Waals surface area contributed by atoms with Gasteiger partial charge in [0.1, 0.15) is 6.29 Å². The fourth-order valence-corrected chi connectivity index (χ4v) is 2.88. The third-order valence-corrected chi connectivity index (χ3v) is 4.01. The summed E-state index contributed by atoms with van der Waals surface area (Å²) in [6.45, 7) is 0. The topological polar surface area (TPSA) is 39.2 Å². The molecule has 0 saturated heterocycles. The third kappa shape index (κ3) is 2.38. The average Bonchev–Trinajstić information content (AvgIpc) is 2.95. The zero-order valence-corrected chi connectivity index (χ0v) is 11.0. The molecule has 1 aliphatic carbocycles. The largest absolute Gasteiger partial charge is 0.381 e. The summed E-state index contributed by atoms with van der Waals surface area (Å²) in [5, 5.41) is 1.02. The molecule has 1 aromatic carbocycles. The standard InChI is InChI=1S/C16H17NO2/c1-19-14-5-3-13(9-14)16-7-4-12-8-11(10-18)2-6-15(12)17-16/h2,4,6-8,10,13-14H,3,5,9H2,1H3/t13-,14-/m1/s1. The highest BCUT2D eigenvalue weighted by Gasteiger charge is 2.26. The van der Waals surface area contributed by atoms with E-state index >= 15 is 0 Å². The number of benzene rings is 1. The van der Waals surface area contributed by atoms with E-state index in [4.69, 9.17) is 9.72 Å². The summed E-state index contributed by atoms with van der Waals surface area (Å²) in [5.74, 6) is 0.500. The molecule has 0 bridgehead atoms. The maximum Gasteiger partial charge on any atom is 0.150 e. The Morgan fingerprint density at radius 1 is 1.26 bits per heavy atom. The average molecular weight is 255 g/mol. The van der Waals surface area contributed by atoms with Crippen LogP contribution in [0.3, 0.4) is 0 Å². The smallest absolute Gasteiger partial charge is 0.150 e. The Bertz CT molecular complexity index is 609. The van der Waals surface area contributed by atoms with Gasteiger partial charge in [-0.1, -0.05) is 6.07 Å². The van der Waals surface area contributed by atoms with Crippen LogP contribution in [0.4, 0.5) is 0 Å². The quantitative estimate of drug-likeness (QED) is 0.790. The number of rotatable bonds is 3. The van der Waals surface area contributed by atoms with Crippen molar-refractivity contribution in [1.29, 1.82) is 0 Å². The Kier molecular flexibility index (Phi) is 3.30. The Morgan fingerprint density at radius 2 is 2.16 bits per heavy atom. The number of carbonyl (C=O) groups is 1. The molecule has 0 N–H and O–H groups in total. The van der Waals surface area contributed by atoms with E-state index in [0.29, 0.717) is 17.6 Å². The lowest BCUT2D eigenvalue weighted by Gasteiger charge is -2.11. The van der Waals surface area contributed by atoms with Crippen molar-refractivity contribution in [1.82, 2.24) is 4.98 Å². The molecule has 2 aromatic rings. The summed E-state index contributed by atoms with van der Waals surface area (Å²) < 4.78 is 5.41. The predicted octanol–water partition coefficient (Wildman–Crippen LogP) is 3.33. The van der Waals surface area contributed by atoms with E-state index in [0.717, 1.165) is 42.1 Å². The van der Waals surface area contributed by atoms with Crippen LogP contribution in [0.2, 0.25) is 0 Å². The Hall–Kier alpha value is -1.74. The van der Waals surface area contributed by atoms with Crippen LogP contribution in [0.15, 0.2) is 30.3 Å². The second-order valence-corrected chi connectivity index (χ2v) is 5.17. The van der Waals surface area contributed by atoms with Crippen LogP contribution < -0.4 is 0 Å². The first-order chi connectivity index (χ1) is 9.30. The van der Waals surface area contributed by atoms with Crippen LogP contribution in [0.5, 0.6) is 0 Å². The lowest BCUT2D eigenvalue weighted by atomic mass is 10.0. The molecule has 98 valence electrons. The van der Waals surface area contributed by atoms with Gasteiger partial charge in [-0.05, 0) is 43.5 Å². The minimum absolute atomic E-state index is 0.375. The van der Waals surface area contributed by atoms with Crippen LogP contribution in [0.1, 0.15) is 41.2 Å². The highest BCUT2D eigenvalue weighted by atomic mass is 16.5. The predicted molar refractivity (Wildman–Crippen MR) is 74.5 cm³/mol. The highest BCUT2D eigenvalue weighted by molar-refractivity contribution is 5.86. The fraction of sp³-hybridized carbons (Fsp3) is 0.375. The summed E-state index contributed by atoms with van der Waals surface area (Å²) in [7, 11) is 1.78. The highest BCUT2D eigenvalue weighted by Crippen LogP contribution is 2.35. The molecule has 0 unspecified atom stereocenters. The van der Waals surface area contributed by atoms with Gasteiger partial charge in [0.15, 0.2) is 0 Å². The Balaban J connectivity index is 1.92. The van der Waals surface area contributed by atoms with Crippen LogP contribution in [-0.2, 0) is 4.74 Å². The molecular weight excluding hydrogens is 238 g/mol. The third-order valence-electron chi connectivity index (χ3n) is 4.01. The lowest BCUT2D eigenvalue weighted by molar-refractivity contribution is 0.108. The number of methoxy groups -OCH3 is 1. The first-order valence-corrected chi connectivity index (χ1v) is 6.69. The summed E-state index contributed by atoms with van der Waals surface area (Å²) >= 11 is 0. The van der Waals surface area contributed by atoms with E-state index in [9.17, 15) is 4.79 Å². The molecule has 1 heterocycles. The van der Waals surface area contributed by atoms with E-state index in [-0.39, 0.29) is 0 Å². The molecule has 0 spiro atoms. The van der Waals surface area contributed by atoms with Gasteiger partial charge in [-0.25, -0.2) is 0 Å². The normalized spacial score (nSPS) is 22.8. The molecule has 0 radical (unpaired) electrons. The van der Waals surface area contributed by atoms with Gasteiger partial charge in [-0.3, -0.25) is 9.78 Å². The second-order valence-electron chi connectivity index (χ2n) is 5.17. The first kappa shape index (κ1) is 12.3. The monoisotopic (exact) mass is 255 g/mol. The molecule has 1 fully saturated rings. The van der Waals surface area contributed by atoms with Crippen molar-refractivity contribution in [3.8, 4) is 0 Å². The van der Waals surface area contributed by atoms with Crippen molar-refractivity contribution in [2.45, 2.75) is 31.3 Å². The minimum Gasteiger partial charge on any atom is -0.381 e. The molecule has 3 nitrogen and oxygen atoms in total. The zero-order valence-electron chi connectivity index (χ0n) is 11.0. The summed E-state index contributed by atoms with van der Waals surface area (Å²) in [6.07, 6.45) is 4.56. The van der Waals surface area contributed by atoms with Crippen LogP contribution in [-0.4, -0.2) is 24.5 Å². The molecule has 0 aliphatic heterocycles. The maximum absolute atomic E-state index is 10.8. The van der Waals surface area contributed by atoms with Crippen LogP contribution in [0, 0.1) is 0 Å². The Morgan fingerprint density at radius 3 is 2.89 bits per heavy atom. The Labute approximate surface area is 112 Å². The van der Waals surface area contributed by atoms with Crippen molar-refractivity contribution in [2.24, 2.45) is 0 Å². The van der Waals surface area contributed by atoms with E-state index < -0.39 is 0 Å². The molecule has 1 saturated carbocycles. The molecule has 1 aliphatic rings. The summed E-state index contributed by atoms with van der Waals surface area (Å²) in [6, 6.07) is 9.76. The van der Waals surface area contributed by atoms with Gasteiger partial charge < -0.3 is 4.74 Å². The number of pyridine rings is 1. The second kappa shape index (κ2) is 5.10. The summed E-state index contributed by atoms with van der Waals surface area (Å²) in [4.78, 5) is 15.5. The first-order valence-electron chi connectivity index (χ1n) is 6.69. The molecule has 2 atom stereocenters. The van der Waals surface area contributed by atoms with Gasteiger partial charge in [-0.2, -0.15) is 0 Å². The van der Waals surface area contributed by atoms with Crippen LogP contribution in [0.25, 0.3) is 10.9 Å². The fourth-order valence-electron chi connectivity index (χ4n) is 2.88. The van der Waals surface area contributed by atoms with Gasteiger partial charge in [0.25, 0.3) is 0 Å². The zero-order chi connectivity index (χ0) is 13.2. The van der Waals surface area contributed by atoms with Gasteiger partial charge in [0.05, 0.1) is 11.6 Å². The van der Waals surface area contributed by atoms with E-state index in [1.54, 1.807) is 7.11 Å². The van der Waals surface area contributed by atoms with Crippen molar-refractivity contribution >= 4 is 17.2 Å². The van der Waals surface area contributed by atoms with E-state index in [1.165, 1.54) is 0 Å².